The minimum Gasteiger partial charge on any atom is -0.481 e. The topological polar surface area (TPSA) is 66.4 Å². The quantitative estimate of drug-likeness (QED) is 0.847. The van der Waals surface area contributed by atoms with Crippen molar-refractivity contribution in [1.82, 2.24) is 5.32 Å². The Morgan fingerprint density at radius 3 is 2.76 bits per heavy atom. The highest BCUT2D eigenvalue weighted by Gasteiger charge is 2.18. The number of nitrogens with one attached hydrogen (secondary N) is 1. The molecule has 0 spiro atoms. The van der Waals surface area contributed by atoms with Gasteiger partial charge in [-0.15, -0.1) is 11.3 Å². The van der Waals surface area contributed by atoms with Crippen LogP contribution in [-0.4, -0.2) is 23.5 Å². The lowest BCUT2D eigenvalue weighted by Crippen LogP contribution is -2.32. The number of hydrogen-bond acceptors (Lipinski definition) is 3. The van der Waals surface area contributed by atoms with Crippen LogP contribution in [0.15, 0.2) is 15.9 Å². The maximum absolute atomic E-state index is 11.7. The van der Waals surface area contributed by atoms with E-state index in [0.29, 0.717) is 11.3 Å². The number of carbonyl (C=O) groups excluding carboxylic acids is 1. The Hall–Kier alpha value is -0.880. The second-order valence-electron chi connectivity index (χ2n) is 3.63. The molecule has 6 heteroatoms. The number of carbonyl (C=O) groups is 2. The van der Waals surface area contributed by atoms with Crippen LogP contribution in [0.3, 0.4) is 0 Å². The van der Waals surface area contributed by atoms with Crippen molar-refractivity contribution < 1.29 is 14.7 Å². The molecule has 1 aromatic rings. The van der Waals surface area contributed by atoms with E-state index in [1.54, 1.807) is 11.4 Å². The highest BCUT2D eigenvalue weighted by atomic mass is 79.9. The normalized spacial score (nSPS) is 12.1. The van der Waals surface area contributed by atoms with E-state index in [2.05, 4.69) is 21.2 Å². The summed E-state index contributed by atoms with van der Waals surface area (Å²) in [6.07, 6.45) is 1.36. The molecule has 94 valence electrons. The molecule has 4 nitrogen and oxygen atoms in total. The van der Waals surface area contributed by atoms with Crippen molar-refractivity contribution in [2.75, 3.05) is 6.54 Å². The van der Waals surface area contributed by atoms with Crippen LogP contribution >= 0.6 is 27.3 Å². The lowest BCUT2D eigenvalue weighted by molar-refractivity contribution is -0.141. The maximum Gasteiger partial charge on any atom is 0.308 e. The predicted octanol–water partition coefficient (Wildman–Crippen LogP) is 2.74. The number of halogens is 1. The average Bonchev–Trinajstić information content (AvgIpc) is 2.69. The lowest BCUT2D eigenvalue weighted by atomic mass is 10.0. The third-order valence-corrected chi connectivity index (χ3v) is 4.16. The molecule has 1 aromatic heterocycles. The van der Waals surface area contributed by atoms with Gasteiger partial charge in [-0.1, -0.05) is 13.3 Å². The number of thiophene rings is 1. The summed E-state index contributed by atoms with van der Waals surface area (Å²) in [4.78, 5) is 23.2. The largest absolute Gasteiger partial charge is 0.481 e. The third-order valence-electron chi connectivity index (χ3n) is 2.32. The molecule has 1 rings (SSSR count). The van der Waals surface area contributed by atoms with E-state index in [9.17, 15) is 9.59 Å². The van der Waals surface area contributed by atoms with Gasteiger partial charge in [0.2, 0.25) is 0 Å². The number of rotatable bonds is 6. The van der Waals surface area contributed by atoms with Gasteiger partial charge in [0, 0.05) is 11.0 Å². The first-order valence-electron chi connectivity index (χ1n) is 5.30. The van der Waals surface area contributed by atoms with Gasteiger partial charge in [-0.2, -0.15) is 0 Å². The van der Waals surface area contributed by atoms with Gasteiger partial charge in [-0.3, -0.25) is 9.59 Å². The molecular formula is C11H14BrNO3S. The molecule has 17 heavy (non-hydrogen) atoms. The van der Waals surface area contributed by atoms with E-state index in [0.717, 1.165) is 10.9 Å². The summed E-state index contributed by atoms with van der Waals surface area (Å²) in [5.41, 5.74) is 0. The number of carboxylic acids is 1. The van der Waals surface area contributed by atoms with Crippen LogP contribution in [0, 0.1) is 5.92 Å². The molecule has 0 radical (unpaired) electrons. The standard InChI is InChI=1S/C11H14BrNO3S/c1-2-3-7(11(15)16)6-13-10(14)9-8(12)4-5-17-9/h4-5,7H,2-3,6H2,1H3,(H,13,14)(H,15,16). The Labute approximate surface area is 112 Å². The highest BCUT2D eigenvalue weighted by molar-refractivity contribution is 9.10. The van der Waals surface area contributed by atoms with E-state index >= 15 is 0 Å². The molecule has 2 N–H and O–H groups in total. The Balaban J connectivity index is 2.52. The van der Waals surface area contributed by atoms with E-state index < -0.39 is 11.9 Å². The monoisotopic (exact) mass is 319 g/mol. The van der Waals surface area contributed by atoms with Crippen LogP contribution < -0.4 is 5.32 Å². The second kappa shape index (κ2) is 6.76. The van der Waals surface area contributed by atoms with Crippen molar-refractivity contribution in [2.45, 2.75) is 19.8 Å². The number of aliphatic carboxylic acids is 1. The predicted molar refractivity (Wildman–Crippen MR) is 70.4 cm³/mol. The fourth-order valence-electron chi connectivity index (χ4n) is 1.41. The number of hydrogen-bond donors (Lipinski definition) is 2. The Morgan fingerprint density at radius 1 is 1.59 bits per heavy atom. The summed E-state index contributed by atoms with van der Waals surface area (Å²) < 4.78 is 0.738. The van der Waals surface area contributed by atoms with Crippen LogP contribution in [0.1, 0.15) is 29.4 Å². The third kappa shape index (κ3) is 4.12. The van der Waals surface area contributed by atoms with Crippen LogP contribution in [0.4, 0.5) is 0 Å². The molecular weight excluding hydrogens is 306 g/mol. The first-order chi connectivity index (χ1) is 8.06. The first kappa shape index (κ1) is 14.2. The van der Waals surface area contributed by atoms with Crippen molar-refractivity contribution in [1.29, 1.82) is 0 Å². The molecule has 1 heterocycles. The summed E-state index contributed by atoms with van der Waals surface area (Å²) in [7, 11) is 0. The summed E-state index contributed by atoms with van der Waals surface area (Å²) in [6.45, 7) is 2.10. The summed E-state index contributed by atoms with van der Waals surface area (Å²) in [5.74, 6) is -1.60. The van der Waals surface area contributed by atoms with E-state index in [-0.39, 0.29) is 12.5 Å². The van der Waals surface area contributed by atoms with Crippen LogP contribution in [0.25, 0.3) is 0 Å². The maximum atomic E-state index is 11.7. The number of carboxylic acid groups (broad SMARTS) is 1. The zero-order valence-electron chi connectivity index (χ0n) is 9.40. The minimum atomic E-state index is -0.864. The molecule has 0 aliphatic rings. The van der Waals surface area contributed by atoms with Crippen molar-refractivity contribution in [3.05, 3.63) is 20.8 Å². The van der Waals surface area contributed by atoms with E-state index in [4.69, 9.17) is 5.11 Å². The van der Waals surface area contributed by atoms with Gasteiger partial charge in [0.15, 0.2) is 0 Å². The van der Waals surface area contributed by atoms with Crippen molar-refractivity contribution in [3.63, 3.8) is 0 Å². The van der Waals surface area contributed by atoms with Gasteiger partial charge in [-0.25, -0.2) is 0 Å². The molecule has 1 unspecified atom stereocenters. The van der Waals surface area contributed by atoms with Crippen LogP contribution in [0.5, 0.6) is 0 Å². The molecule has 0 bridgehead atoms. The van der Waals surface area contributed by atoms with E-state index in [1.165, 1.54) is 11.3 Å². The molecule has 0 aromatic carbocycles. The van der Waals surface area contributed by atoms with Gasteiger partial charge in [-0.05, 0) is 33.8 Å². The lowest BCUT2D eigenvalue weighted by Gasteiger charge is -2.11. The van der Waals surface area contributed by atoms with Crippen molar-refractivity contribution in [3.8, 4) is 0 Å². The minimum absolute atomic E-state index is 0.173. The number of amides is 1. The summed E-state index contributed by atoms with van der Waals surface area (Å²) in [5, 5.41) is 13.4. The molecule has 1 amide bonds. The highest BCUT2D eigenvalue weighted by Crippen LogP contribution is 2.22. The summed E-state index contributed by atoms with van der Waals surface area (Å²) in [6, 6.07) is 1.79. The first-order valence-corrected chi connectivity index (χ1v) is 6.97. The van der Waals surface area contributed by atoms with Crippen molar-refractivity contribution >= 4 is 39.1 Å². The summed E-state index contributed by atoms with van der Waals surface area (Å²) >= 11 is 4.59. The zero-order valence-corrected chi connectivity index (χ0v) is 11.8. The molecule has 0 saturated heterocycles. The average molecular weight is 320 g/mol. The fourth-order valence-corrected chi connectivity index (χ4v) is 2.88. The van der Waals surface area contributed by atoms with Crippen molar-refractivity contribution in [2.24, 2.45) is 5.92 Å². The van der Waals surface area contributed by atoms with Gasteiger partial charge >= 0.3 is 5.97 Å². The smallest absolute Gasteiger partial charge is 0.308 e. The molecule has 0 fully saturated rings. The van der Waals surface area contributed by atoms with Gasteiger partial charge in [0.05, 0.1) is 5.92 Å². The van der Waals surface area contributed by atoms with Crippen LogP contribution in [-0.2, 0) is 4.79 Å². The molecule has 1 atom stereocenters. The van der Waals surface area contributed by atoms with Crippen LogP contribution in [0.2, 0.25) is 0 Å². The Kier molecular flexibility index (Phi) is 5.64. The molecule has 0 aliphatic heterocycles. The zero-order chi connectivity index (χ0) is 12.8. The van der Waals surface area contributed by atoms with Gasteiger partial charge < -0.3 is 10.4 Å². The van der Waals surface area contributed by atoms with Gasteiger partial charge in [0.25, 0.3) is 5.91 Å². The Bertz CT molecular complexity index is 405. The Morgan fingerprint density at radius 2 is 2.29 bits per heavy atom. The SMILES string of the molecule is CCCC(CNC(=O)c1sccc1Br)C(=O)O. The molecule has 0 aliphatic carbocycles. The second-order valence-corrected chi connectivity index (χ2v) is 5.40. The van der Waals surface area contributed by atoms with E-state index in [1.807, 2.05) is 6.92 Å². The van der Waals surface area contributed by atoms with Gasteiger partial charge in [0.1, 0.15) is 4.88 Å². The fraction of sp³-hybridized carbons (Fsp3) is 0.455. The molecule has 0 saturated carbocycles.